The van der Waals surface area contributed by atoms with Gasteiger partial charge in [-0.3, -0.25) is 33.8 Å². The molecule has 0 aliphatic heterocycles. The molecule has 54 heavy (non-hydrogen) atoms. The van der Waals surface area contributed by atoms with Gasteiger partial charge in [0.1, 0.15) is 48.0 Å². The molecule has 6 atom stereocenters. The number of carbonyl (C=O) groups is 7. The number of aromatic hydroxyl groups is 2. The van der Waals surface area contributed by atoms with E-state index in [9.17, 15) is 48.9 Å². The van der Waals surface area contributed by atoms with Gasteiger partial charge >= 0.3 is 0 Å². The highest BCUT2D eigenvalue weighted by molar-refractivity contribution is 5.96. The number of aliphatic hydroxyl groups excluding tert-OH is 1. The number of hydrogen-bond acceptors (Lipinski definition) is 12. The van der Waals surface area contributed by atoms with E-state index in [0.29, 0.717) is 17.4 Å². The molecule has 0 saturated carbocycles. The number of primary amides is 1. The largest absolute Gasteiger partial charge is 0.508 e. The second-order valence-corrected chi connectivity index (χ2v) is 12.3. The molecule has 0 heterocycles. The zero-order valence-corrected chi connectivity index (χ0v) is 29.6. The van der Waals surface area contributed by atoms with Crippen molar-refractivity contribution < 1.29 is 48.9 Å². The van der Waals surface area contributed by atoms with E-state index in [2.05, 4.69) is 31.6 Å². The Morgan fingerprint density at radius 2 is 1.17 bits per heavy atom. The van der Waals surface area contributed by atoms with Crippen LogP contribution in [0.3, 0.4) is 0 Å². The Hall–Kier alpha value is -6.28. The van der Waals surface area contributed by atoms with Crippen LogP contribution in [0.2, 0.25) is 0 Å². The Morgan fingerprint density at radius 1 is 0.704 bits per heavy atom. The minimum Gasteiger partial charge on any atom is -0.508 e. The fourth-order valence-electron chi connectivity index (χ4n) is 4.87. The van der Waals surface area contributed by atoms with E-state index in [1.807, 2.05) is 0 Å². The molecule has 0 spiro atoms. The Bertz CT molecular complexity index is 1630. The van der Waals surface area contributed by atoms with Crippen molar-refractivity contribution in [2.75, 3.05) is 13.2 Å². The molecule has 0 saturated heterocycles. The number of rotatable bonds is 22. The van der Waals surface area contributed by atoms with Crippen LogP contribution in [0, 0.1) is 0 Å². The molecule has 16 N–H and O–H groups in total. The van der Waals surface area contributed by atoms with Crippen molar-refractivity contribution in [2.24, 2.45) is 27.9 Å². The van der Waals surface area contributed by atoms with Gasteiger partial charge in [-0.2, -0.15) is 0 Å². The number of aldehydes is 1. The minimum atomic E-state index is -1.41. The zero-order chi connectivity index (χ0) is 40.4. The van der Waals surface area contributed by atoms with E-state index >= 15 is 0 Å². The maximum Gasteiger partial charge on any atom is 0.243 e. The van der Waals surface area contributed by atoms with Crippen molar-refractivity contribution in [3.05, 3.63) is 59.7 Å². The fraction of sp³-hybridized carbons (Fsp3) is 0.412. The first-order valence-electron chi connectivity index (χ1n) is 16.8. The summed E-state index contributed by atoms with van der Waals surface area (Å²) in [6.45, 7) is 0.717. The van der Waals surface area contributed by atoms with Gasteiger partial charge < -0.3 is 69.6 Å². The number of aliphatic imine (C=N–C) groups is 1. The lowest BCUT2D eigenvalue weighted by Gasteiger charge is -2.27. The number of hydrogen-bond donors (Lipinski definition) is 12. The Labute approximate surface area is 310 Å². The lowest BCUT2D eigenvalue weighted by Crippen LogP contribution is -2.59. The topological polar surface area (TPSA) is 357 Å². The standard InChI is InChI=1S/C34H48N10O10/c1-18(29(50)41-21(16-45)17-46)40-32(53)26(13-19-4-8-22(47)9-5-19)44-33(54)27(14-20-6-10-23(48)11-7-20)43-31(52)25(3-2-12-39-34(37)38)42-30(51)24(35)15-28(36)49/h4-11,16,18,21,24-27,46-48H,2-3,12-15,17,35H2,1H3,(H2,36,49)(H,40,53)(H,41,50)(H,42,51)(H,43,52)(H,44,54)(H4,37,38,39)/t18-,21+,24-,25?,26-,27?/m0/s1. The fourth-order valence-corrected chi connectivity index (χ4v) is 4.87. The first-order chi connectivity index (χ1) is 25.5. The average molecular weight is 757 g/mol. The van der Waals surface area contributed by atoms with E-state index in [1.54, 1.807) is 0 Å². The second-order valence-electron chi connectivity index (χ2n) is 12.3. The van der Waals surface area contributed by atoms with Crippen LogP contribution in [-0.2, 0) is 46.4 Å². The van der Waals surface area contributed by atoms with Gasteiger partial charge in [-0.1, -0.05) is 24.3 Å². The van der Waals surface area contributed by atoms with Crippen LogP contribution < -0.4 is 49.5 Å². The van der Waals surface area contributed by atoms with Gasteiger partial charge in [-0.15, -0.1) is 0 Å². The van der Waals surface area contributed by atoms with Crippen LogP contribution in [0.4, 0.5) is 0 Å². The lowest BCUT2D eigenvalue weighted by molar-refractivity contribution is -0.135. The van der Waals surface area contributed by atoms with Crippen molar-refractivity contribution in [3.8, 4) is 11.5 Å². The molecule has 2 rings (SSSR count). The zero-order valence-electron chi connectivity index (χ0n) is 29.6. The molecule has 0 aliphatic carbocycles. The van der Waals surface area contributed by atoms with Gasteiger partial charge in [0, 0.05) is 19.4 Å². The number of nitrogens with two attached hydrogens (primary N) is 4. The van der Waals surface area contributed by atoms with Crippen LogP contribution in [0.15, 0.2) is 53.5 Å². The van der Waals surface area contributed by atoms with Crippen molar-refractivity contribution in [3.63, 3.8) is 0 Å². The summed E-state index contributed by atoms with van der Waals surface area (Å²) in [5.41, 5.74) is 22.7. The molecule has 0 fully saturated rings. The highest BCUT2D eigenvalue weighted by Gasteiger charge is 2.32. The average Bonchev–Trinajstić information content (AvgIpc) is 3.12. The summed E-state index contributed by atoms with van der Waals surface area (Å²) < 4.78 is 0. The summed E-state index contributed by atoms with van der Waals surface area (Å²) in [7, 11) is 0. The van der Waals surface area contributed by atoms with E-state index < -0.39 is 84.7 Å². The Balaban J connectivity index is 2.43. The molecule has 0 radical (unpaired) electrons. The van der Waals surface area contributed by atoms with Crippen LogP contribution in [-0.4, -0.2) is 112 Å². The molecule has 2 aromatic rings. The predicted octanol–water partition coefficient (Wildman–Crippen LogP) is -4.23. The van der Waals surface area contributed by atoms with Crippen molar-refractivity contribution in [1.82, 2.24) is 26.6 Å². The molecule has 2 unspecified atom stereocenters. The molecule has 20 nitrogen and oxygen atoms in total. The maximum absolute atomic E-state index is 14.0. The maximum atomic E-state index is 14.0. The lowest BCUT2D eigenvalue weighted by atomic mass is 10.0. The number of phenolic OH excluding ortho intramolecular Hbond substituents is 2. The molecule has 20 heteroatoms. The molecule has 294 valence electrons. The molecular formula is C34H48N10O10. The summed E-state index contributed by atoms with van der Waals surface area (Å²) >= 11 is 0. The van der Waals surface area contributed by atoms with Gasteiger partial charge in [-0.05, 0) is 55.2 Å². The van der Waals surface area contributed by atoms with E-state index in [4.69, 9.17) is 22.9 Å². The summed E-state index contributed by atoms with van der Waals surface area (Å²) in [6, 6.07) is 3.51. The number of aliphatic hydroxyl groups is 1. The SMILES string of the molecule is C[C@H](NC(=O)[C@H](Cc1ccc(O)cc1)NC(=O)C(Cc1ccc(O)cc1)NC(=O)C(CCCN=C(N)N)NC(=O)[C@@H](N)CC(N)=O)C(=O)N[C@H](C=O)CO. The number of guanidine groups is 1. The van der Waals surface area contributed by atoms with Crippen molar-refractivity contribution in [2.45, 2.75) is 75.3 Å². The summed E-state index contributed by atoms with van der Waals surface area (Å²) in [5, 5.41) is 41.2. The number of phenols is 2. The van der Waals surface area contributed by atoms with Crippen molar-refractivity contribution >= 4 is 47.7 Å². The van der Waals surface area contributed by atoms with Crippen LogP contribution >= 0.6 is 0 Å². The summed E-state index contributed by atoms with van der Waals surface area (Å²) in [5.74, 6) is -5.42. The number of carbonyl (C=O) groups excluding carboxylic acids is 7. The van der Waals surface area contributed by atoms with Crippen molar-refractivity contribution in [1.29, 1.82) is 0 Å². The monoisotopic (exact) mass is 756 g/mol. The van der Waals surface area contributed by atoms with Gasteiger partial charge in [0.2, 0.25) is 35.4 Å². The van der Waals surface area contributed by atoms with E-state index in [-0.39, 0.29) is 49.7 Å². The number of nitrogens with zero attached hydrogens (tertiary/aromatic N) is 1. The quantitative estimate of drug-likeness (QED) is 0.0235. The third kappa shape index (κ3) is 15.5. The number of nitrogens with one attached hydrogen (secondary N) is 5. The number of benzene rings is 2. The third-order valence-corrected chi connectivity index (χ3v) is 7.80. The van der Waals surface area contributed by atoms with E-state index in [1.165, 1.54) is 55.5 Å². The number of amides is 6. The van der Waals surface area contributed by atoms with Gasteiger partial charge in [-0.25, -0.2) is 0 Å². The molecule has 0 aliphatic rings. The normalized spacial score (nSPS) is 14.1. The predicted molar refractivity (Wildman–Crippen MR) is 194 cm³/mol. The van der Waals surface area contributed by atoms with Gasteiger partial charge in [0.25, 0.3) is 0 Å². The molecule has 0 bridgehead atoms. The van der Waals surface area contributed by atoms with Crippen LogP contribution in [0.1, 0.15) is 37.3 Å². The highest BCUT2D eigenvalue weighted by Crippen LogP contribution is 2.14. The second kappa shape index (κ2) is 21.9. The Morgan fingerprint density at radius 3 is 1.61 bits per heavy atom. The van der Waals surface area contributed by atoms with E-state index in [0.717, 1.165) is 0 Å². The van der Waals surface area contributed by atoms with Gasteiger partial charge in [0.05, 0.1) is 19.1 Å². The third-order valence-electron chi connectivity index (χ3n) is 7.80. The molecule has 2 aromatic carbocycles. The highest BCUT2D eigenvalue weighted by atomic mass is 16.3. The van der Waals surface area contributed by atoms with Gasteiger partial charge in [0.15, 0.2) is 5.96 Å². The summed E-state index contributed by atoms with van der Waals surface area (Å²) in [4.78, 5) is 93.1. The molecule has 6 amide bonds. The van der Waals surface area contributed by atoms with Crippen LogP contribution in [0.5, 0.6) is 11.5 Å². The molecule has 0 aromatic heterocycles. The minimum absolute atomic E-state index is 0.0434. The first kappa shape index (κ1) is 43.9. The first-order valence-corrected chi connectivity index (χ1v) is 16.8. The summed E-state index contributed by atoms with van der Waals surface area (Å²) in [6.07, 6.45) is -0.377. The van der Waals surface area contributed by atoms with Crippen LogP contribution in [0.25, 0.3) is 0 Å². The smallest absolute Gasteiger partial charge is 0.243 e. The molecular weight excluding hydrogens is 708 g/mol. The Kier molecular flexibility index (Phi) is 17.8.